The van der Waals surface area contributed by atoms with Gasteiger partial charge in [-0.15, -0.1) is 0 Å². The van der Waals surface area contributed by atoms with E-state index < -0.39 is 5.60 Å². The van der Waals surface area contributed by atoms with Crippen molar-refractivity contribution >= 4 is 6.09 Å². The van der Waals surface area contributed by atoms with Crippen molar-refractivity contribution in [2.45, 2.75) is 73.0 Å². The number of ether oxygens (including phenoxy) is 1. The van der Waals surface area contributed by atoms with Crippen LogP contribution < -0.4 is 18.9 Å². The summed E-state index contributed by atoms with van der Waals surface area (Å²) in [6.07, 6.45) is 1.77. The van der Waals surface area contributed by atoms with Crippen LogP contribution >= 0.6 is 0 Å². The molecule has 1 rings (SSSR count). The summed E-state index contributed by atoms with van der Waals surface area (Å²) >= 11 is 0. The second-order valence-corrected chi connectivity index (χ2v) is 7.45. The molecular formula is C15H28LiNO2. The van der Waals surface area contributed by atoms with Crippen LogP contribution in [0.5, 0.6) is 0 Å². The van der Waals surface area contributed by atoms with Gasteiger partial charge in [-0.05, 0) is 39.5 Å². The van der Waals surface area contributed by atoms with E-state index in [1.807, 2.05) is 27.3 Å². The van der Waals surface area contributed by atoms with Gasteiger partial charge in [0.25, 0.3) is 0 Å². The van der Waals surface area contributed by atoms with E-state index in [1.54, 1.807) is 4.90 Å². The Morgan fingerprint density at radius 1 is 1.21 bits per heavy atom. The molecular weight excluding hydrogens is 233 g/mol. The Labute approximate surface area is 130 Å². The Hall–Kier alpha value is -0.133. The zero-order chi connectivity index (χ0) is 14.1. The number of likely N-dealkylation sites (tertiary alicyclic amines) is 1. The molecule has 0 aliphatic carbocycles. The quantitative estimate of drug-likeness (QED) is 0.485. The van der Waals surface area contributed by atoms with Gasteiger partial charge in [0.1, 0.15) is 5.60 Å². The third-order valence-corrected chi connectivity index (χ3v) is 3.52. The number of nitrogens with zero attached hydrogens (tertiary/aromatic N) is 1. The molecule has 1 fully saturated rings. The summed E-state index contributed by atoms with van der Waals surface area (Å²) in [4.78, 5) is 13.8. The minimum absolute atomic E-state index is 0. The second kappa shape index (κ2) is 6.55. The number of carbonyl (C=O) groups excluding carboxylic acids is 1. The van der Waals surface area contributed by atoms with E-state index in [-0.39, 0.29) is 31.0 Å². The maximum absolute atomic E-state index is 12.1. The maximum atomic E-state index is 12.1. The van der Waals surface area contributed by atoms with Crippen LogP contribution in [-0.2, 0) is 4.74 Å². The molecule has 1 aliphatic rings. The SMILES string of the molecule is C[C@@H]1C[C@H](C(C)(C)C)C[CH-]N1C(=O)OC(C)(C)C.[Li+]. The van der Waals surface area contributed by atoms with Gasteiger partial charge in [0, 0.05) is 6.04 Å². The van der Waals surface area contributed by atoms with Crippen molar-refractivity contribution in [3.8, 4) is 0 Å². The molecule has 2 atom stereocenters. The maximum Gasteiger partial charge on any atom is 1.00 e. The third kappa shape index (κ3) is 5.79. The van der Waals surface area contributed by atoms with Crippen molar-refractivity contribution in [3.63, 3.8) is 0 Å². The molecule has 0 bridgehead atoms. The van der Waals surface area contributed by atoms with E-state index in [2.05, 4.69) is 27.7 Å². The zero-order valence-electron chi connectivity index (χ0n) is 13.9. The summed E-state index contributed by atoms with van der Waals surface area (Å²) in [5.41, 5.74) is -0.129. The predicted molar refractivity (Wildman–Crippen MR) is 74.0 cm³/mol. The average Bonchev–Trinajstić information content (AvgIpc) is 2.12. The first kappa shape index (κ1) is 18.9. The van der Waals surface area contributed by atoms with Crippen molar-refractivity contribution in [1.29, 1.82) is 0 Å². The summed E-state index contributed by atoms with van der Waals surface area (Å²) in [7, 11) is 0. The number of hydrogen-bond acceptors (Lipinski definition) is 2. The number of rotatable bonds is 0. The van der Waals surface area contributed by atoms with Crippen LogP contribution in [0.15, 0.2) is 0 Å². The Bertz CT molecular complexity index is 304. The van der Waals surface area contributed by atoms with E-state index in [4.69, 9.17) is 4.74 Å². The molecule has 0 aromatic heterocycles. The minimum Gasteiger partial charge on any atom is -0.455 e. The molecule has 106 valence electrons. The van der Waals surface area contributed by atoms with Crippen molar-refractivity contribution in [3.05, 3.63) is 6.54 Å². The number of hydrogen-bond donors (Lipinski definition) is 0. The molecule has 3 nitrogen and oxygen atoms in total. The van der Waals surface area contributed by atoms with Crippen LogP contribution in [0.1, 0.15) is 61.3 Å². The fourth-order valence-electron chi connectivity index (χ4n) is 2.32. The van der Waals surface area contributed by atoms with Gasteiger partial charge in [-0.3, -0.25) is 0 Å². The largest absolute Gasteiger partial charge is 1.00 e. The van der Waals surface area contributed by atoms with Gasteiger partial charge < -0.3 is 9.64 Å². The molecule has 1 amide bonds. The summed E-state index contributed by atoms with van der Waals surface area (Å²) < 4.78 is 5.42. The molecule has 1 aliphatic heterocycles. The Morgan fingerprint density at radius 3 is 2.11 bits per heavy atom. The molecule has 1 heterocycles. The van der Waals surface area contributed by atoms with Crippen molar-refractivity contribution in [1.82, 2.24) is 4.90 Å². The smallest absolute Gasteiger partial charge is 0.455 e. The van der Waals surface area contributed by atoms with E-state index in [1.165, 1.54) is 0 Å². The van der Waals surface area contributed by atoms with E-state index in [0.29, 0.717) is 11.3 Å². The first-order valence-electron chi connectivity index (χ1n) is 6.85. The summed E-state index contributed by atoms with van der Waals surface area (Å²) in [6.45, 7) is 16.6. The normalized spacial score (nSPS) is 24.7. The molecule has 1 saturated heterocycles. The zero-order valence-corrected chi connectivity index (χ0v) is 13.9. The van der Waals surface area contributed by atoms with Crippen LogP contribution in [0.25, 0.3) is 0 Å². The monoisotopic (exact) mass is 261 g/mol. The van der Waals surface area contributed by atoms with Crippen LogP contribution in [0, 0.1) is 17.9 Å². The summed E-state index contributed by atoms with van der Waals surface area (Å²) in [5.74, 6) is 0.631. The third-order valence-electron chi connectivity index (χ3n) is 3.52. The number of piperidine rings is 1. The van der Waals surface area contributed by atoms with Crippen LogP contribution in [0.3, 0.4) is 0 Å². The molecule has 0 N–H and O–H groups in total. The second-order valence-electron chi connectivity index (χ2n) is 7.45. The summed E-state index contributed by atoms with van der Waals surface area (Å²) in [5, 5.41) is 0. The molecule has 0 unspecified atom stereocenters. The Kier molecular flexibility index (Phi) is 6.50. The Balaban J connectivity index is 0.00000324. The van der Waals surface area contributed by atoms with E-state index in [9.17, 15) is 4.79 Å². The van der Waals surface area contributed by atoms with Crippen molar-refractivity contribution in [2.75, 3.05) is 0 Å². The van der Waals surface area contributed by atoms with Gasteiger partial charge in [-0.2, -0.15) is 6.42 Å². The van der Waals surface area contributed by atoms with Crippen molar-refractivity contribution < 1.29 is 28.4 Å². The van der Waals surface area contributed by atoms with Crippen LogP contribution in [0.4, 0.5) is 4.79 Å². The number of carbonyl (C=O) groups is 1. The van der Waals surface area contributed by atoms with Crippen LogP contribution in [0.2, 0.25) is 0 Å². The Morgan fingerprint density at radius 2 is 1.74 bits per heavy atom. The van der Waals surface area contributed by atoms with Gasteiger partial charge in [-0.25, -0.2) is 11.3 Å². The molecule has 0 saturated carbocycles. The molecule has 0 spiro atoms. The van der Waals surface area contributed by atoms with E-state index >= 15 is 0 Å². The molecule has 4 heteroatoms. The predicted octanol–water partition coefficient (Wildman–Crippen LogP) is 1.23. The van der Waals surface area contributed by atoms with Gasteiger partial charge in [0.2, 0.25) is 0 Å². The van der Waals surface area contributed by atoms with Gasteiger partial charge in [0.15, 0.2) is 0 Å². The van der Waals surface area contributed by atoms with Gasteiger partial charge >= 0.3 is 25.0 Å². The average molecular weight is 261 g/mol. The first-order valence-corrected chi connectivity index (χ1v) is 6.85. The van der Waals surface area contributed by atoms with Crippen LogP contribution in [-0.4, -0.2) is 22.6 Å². The van der Waals surface area contributed by atoms with Crippen molar-refractivity contribution in [2.24, 2.45) is 11.3 Å². The van der Waals surface area contributed by atoms with E-state index in [0.717, 1.165) is 12.8 Å². The van der Waals surface area contributed by atoms with Gasteiger partial charge in [-0.1, -0.05) is 26.7 Å². The molecule has 19 heavy (non-hydrogen) atoms. The summed E-state index contributed by atoms with van der Waals surface area (Å²) in [6, 6.07) is 0.220. The fourth-order valence-corrected chi connectivity index (χ4v) is 2.32. The molecule has 0 aromatic carbocycles. The molecule has 0 radical (unpaired) electrons. The number of amides is 1. The minimum atomic E-state index is -0.425. The first-order chi connectivity index (χ1) is 8.00. The molecule has 0 aromatic rings. The standard InChI is InChI=1S/C15H28NO2.Li/c1-11-10-12(14(2,3)4)8-9-16(11)13(17)18-15(5,6)7;/h9,11-12H,8,10H2,1-7H3;/q-1;+1/t11-,12-;/m1./s1. The van der Waals surface area contributed by atoms with Gasteiger partial charge in [0.05, 0.1) is 0 Å². The fraction of sp³-hybridized carbons (Fsp3) is 0.867. The topological polar surface area (TPSA) is 29.5 Å².